The number of fused-ring (bicyclic) bond motifs is 2. The van der Waals surface area contributed by atoms with Crippen molar-refractivity contribution in [3.63, 3.8) is 0 Å². The summed E-state index contributed by atoms with van der Waals surface area (Å²) in [4.78, 5) is 30.2. The van der Waals surface area contributed by atoms with E-state index in [4.69, 9.17) is 4.74 Å². The smallest absolute Gasteiger partial charge is 0.322 e. The van der Waals surface area contributed by atoms with Crippen LogP contribution in [0.2, 0.25) is 0 Å². The van der Waals surface area contributed by atoms with Crippen molar-refractivity contribution in [2.45, 2.75) is 38.3 Å². The molecule has 3 fully saturated rings. The molecule has 3 aliphatic rings. The van der Waals surface area contributed by atoms with Gasteiger partial charge in [-0.3, -0.25) is 9.78 Å². The number of aromatic nitrogens is 1. The molecule has 1 aliphatic carbocycles. The van der Waals surface area contributed by atoms with Gasteiger partial charge in [-0.05, 0) is 55.5 Å². The van der Waals surface area contributed by atoms with E-state index in [1.807, 2.05) is 30.0 Å². The molecule has 146 valence electrons. The van der Waals surface area contributed by atoms with Gasteiger partial charge in [0.25, 0.3) is 0 Å². The maximum absolute atomic E-state index is 13.5. The topological polar surface area (TPSA) is 71.5 Å². The first kappa shape index (κ1) is 18.4. The molecule has 2 bridgehead atoms. The van der Waals surface area contributed by atoms with Gasteiger partial charge < -0.3 is 15.0 Å². The van der Waals surface area contributed by atoms with Gasteiger partial charge in [0, 0.05) is 29.5 Å². The Morgan fingerprint density at radius 2 is 1.93 bits per heavy atom. The molecule has 2 aliphatic heterocycles. The van der Waals surface area contributed by atoms with Crippen molar-refractivity contribution in [2.75, 3.05) is 12.4 Å². The maximum atomic E-state index is 13.5. The summed E-state index contributed by atoms with van der Waals surface area (Å²) in [7, 11) is 1.40. The SMILES string of the molecule is COC(=O)C1CC2C[C@H](C1)N2C(=O)Nc1ccc(C)c(-c2cncc(F)c2)c1. The zero-order valence-corrected chi connectivity index (χ0v) is 15.8. The van der Waals surface area contributed by atoms with Crippen molar-refractivity contribution in [3.8, 4) is 11.1 Å². The Labute approximate surface area is 162 Å². The number of hydrogen-bond donors (Lipinski definition) is 1. The molecule has 28 heavy (non-hydrogen) atoms. The van der Waals surface area contributed by atoms with Crippen LogP contribution in [0.3, 0.4) is 0 Å². The van der Waals surface area contributed by atoms with Gasteiger partial charge in [0.05, 0.1) is 19.2 Å². The fourth-order valence-electron chi connectivity index (χ4n) is 4.32. The molecular formula is C21H22FN3O3. The van der Waals surface area contributed by atoms with Crippen molar-refractivity contribution in [1.29, 1.82) is 0 Å². The fourth-order valence-corrected chi connectivity index (χ4v) is 4.32. The van der Waals surface area contributed by atoms with Crippen LogP contribution in [0.4, 0.5) is 14.9 Å². The minimum Gasteiger partial charge on any atom is -0.469 e. The summed E-state index contributed by atoms with van der Waals surface area (Å²) in [5.41, 5.74) is 3.09. The molecule has 0 radical (unpaired) electrons. The number of rotatable bonds is 3. The van der Waals surface area contributed by atoms with Crippen LogP contribution >= 0.6 is 0 Å². The van der Waals surface area contributed by atoms with Crippen LogP contribution in [-0.2, 0) is 9.53 Å². The van der Waals surface area contributed by atoms with Gasteiger partial charge in [0.2, 0.25) is 0 Å². The zero-order chi connectivity index (χ0) is 19.8. The third-order valence-electron chi connectivity index (χ3n) is 5.72. The molecule has 2 aromatic rings. The minimum absolute atomic E-state index is 0.0696. The second-order valence-electron chi connectivity index (χ2n) is 7.49. The number of nitrogens with one attached hydrogen (secondary N) is 1. The monoisotopic (exact) mass is 383 g/mol. The Morgan fingerprint density at radius 1 is 1.18 bits per heavy atom. The van der Waals surface area contributed by atoms with Gasteiger partial charge in [0.1, 0.15) is 5.82 Å². The van der Waals surface area contributed by atoms with E-state index in [1.54, 1.807) is 6.20 Å². The average Bonchev–Trinajstić information content (AvgIpc) is 2.68. The highest BCUT2D eigenvalue weighted by Crippen LogP contribution is 2.42. The van der Waals surface area contributed by atoms with E-state index < -0.39 is 5.82 Å². The van der Waals surface area contributed by atoms with Crippen LogP contribution in [0.15, 0.2) is 36.7 Å². The molecule has 1 aromatic heterocycles. The number of amides is 2. The van der Waals surface area contributed by atoms with Crippen LogP contribution in [0, 0.1) is 18.7 Å². The summed E-state index contributed by atoms with van der Waals surface area (Å²) in [6.45, 7) is 1.93. The first-order valence-electron chi connectivity index (χ1n) is 9.35. The summed E-state index contributed by atoms with van der Waals surface area (Å²) in [6.07, 6.45) is 4.98. The molecule has 1 saturated carbocycles. The van der Waals surface area contributed by atoms with Gasteiger partial charge in [-0.15, -0.1) is 0 Å². The predicted molar refractivity (Wildman–Crippen MR) is 102 cm³/mol. The number of carbonyl (C=O) groups is 2. The van der Waals surface area contributed by atoms with E-state index in [1.165, 1.54) is 13.2 Å². The second kappa shape index (κ2) is 7.22. The molecule has 2 amide bonds. The summed E-state index contributed by atoms with van der Waals surface area (Å²) < 4.78 is 18.4. The van der Waals surface area contributed by atoms with Crippen LogP contribution in [-0.4, -0.2) is 41.1 Å². The molecule has 6 nitrogen and oxygen atoms in total. The summed E-state index contributed by atoms with van der Waals surface area (Å²) >= 11 is 0. The highest BCUT2D eigenvalue weighted by atomic mass is 19.1. The minimum atomic E-state index is -0.403. The number of aryl methyl sites for hydroxylation is 1. The molecule has 2 unspecified atom stereocenters. The lowest BCUT2D eigenvalue weighted by molar-refractivity contribution is -0.151. The summed E-state index contributed by atoms with van der Waals surface area (Å²) in [5, 5.41) is 2.94. The Hall–Kier alpha value is -2.96. The van der Waals surface area contributed by atoms with Gasteiger partial charge >= 0.3 is 12.0 Å². The van der Waals surface area contributed by atoms with Crippen molar-refractivity contribution in [1.82, 2.24) is 9.88 Å². The normalized spacial score (nSPS) is 23.0. The number of urea groups is 1. The third-order valence-corrected chi connectivity index (χ3v) is 5.72. The quantitative estimate of drug-likeness (QED) is 0.820. The van der Waals surface area contributed by atoms with E-state index in [9.17, 15) is 14.0 Å². The van der Waals surface area contributed by atoms with Gasteiger partial charge in [-0.2, -0.15) is 0 Å². The standard InChI is InChI=1S/C21H22FN3O3/c1-12-3-4-16(8-19(12)14-5-15(22)11-23-10-14)24-21(27)25-17-6-13(20(26)28-2)7-18(25)9-17/h3-5,8,10-11,13,17-18H,6-7,9H2,1-2H3,(H,24,27)/t13?,17-,18?/m0/s1. The second-order valence-corrected chi connectivity index (χ2v) is 7.49. The largest absolute Gasteiger partial charge is 0.469 e. The molecule has 3 atom stereocenters. The van der Waals surface area contributed by atoms with Crippen molar-refractivity contribution >= 4 is 17.7 Å². The number of methoxy groups -OCH3 is 1. The van der Waals surface area contributed by atoms with Crippen LogP contribution in [0.25, 0.3) is 11.1 Å². The van der Waals surface area contributed by atoms with Crippen LogP contribution in [0.5, 0.6) is 0 Å². The van der Waals surface area contributed by atoms with E-state index in [0.717, 1.165) is 23.7 Å². The summed E-state index contributed by atoms with van der Waals surface area (Å²) in [6, 6.07) is 6.94. The number of piperidine rings is 1. The lowest BCUT2D eigenvalue weighted by Gasteiger charge is -2.54. The van der Waals surface area contributed by atoms with Crippen molar-refractivity contribution < 1.29 is 18.7 Å². The maximum Gasteiger partial charge on any atom is 0.322 e. The fraction of sp³-hybridized carbons (Fsp3) is 0.381. The van der Waals surface area contributed by atoms with Crippen molar-refractivity contribution in [3.05, 3.63) is 48.0 Å². The number of halogens is 1. The van der Waals surface area contributed by atoms with E-state index in [-0.39, 0.29) is 30.0 Å². The number of esters is 1. The number of anilines is 1. The first-order valence-corrected chi connectivity index (χ1v) is 9.35. The van der Waals surface area contributed by atoms with E-state index in [2.05, 4.69) is 10.3 Å². The lowest BCUT2D eigenvalue weighted by atomic mass is 9.74. The zero-order valence-electron chi connectivity index (χ0n) is 15.8. The molecule has 3 heterocycles. The van der Waals surface area contributed by atoms with Crippen molar-refractivity contribution in [2.24, 2.45) is 5.92 Å². The molecule has 5 rings (SSSR count). The van der Waals surface area contributed by atoms with Crippen LogP contribution < -0.4 is 5.32 Å². The molecule has 1 N–H and O–H groups in total. The lowest BCUT2D eigenvalue weighted by Crippen LogP contribution is -2.64. The van der Waals surface area contributed by atoms with Gasteiger partial charge in [-0.1, -0.05) is 6.07 Å². The average molecular weight is 383 g/mol. The predicted octanol–water partition coefficient (Wildman–Crippen LogP) is 3.75. The number of nitrogens with zero attached hydrogens (tertiary/aromatic N) is 2. The highest BCUT2D eigenvalue weighted by molar-refractivity contribution is 5.91. The Morgan fingerprint density at radius 3 is 2.61 bits per heavy atom. The number of pyridine rings is 1. The number of carbonyl (C=O) groups excluding carboxylic acids is 2. The third kappa shape index (κ3) is 3.32. The Kier molecular flexibility index (Phi) is 4.75. The highest BCUT2D eigenvalue weighted by Gasteiger charge is 2.49. The van der Waals surface area contributed by atoms with Gasteiger partial charge in [0.15, 0.2) is 0 Å². The number of benzene rings is 1. The van der Waals surface area contributed by atoms with Crippen LogP contribution in [0.1, 0.15) is 24.8 Å². The number of hydrogen-bond acceptors (Lipinski definition) is 4. The van der Waals surface area contributed by atoms with E-state index >= 15 is 0 Å². The first-order chi connectivity index (χ1) is 13.5. The number of ether oxygens (including phenoxy) is 1. The summed E-state index contributed by atoms with van der Waals surface area (Å²) in [5.74, 6) is -0.717. The van der Waals surface area contributed by atoms with Gasteiger partial charge in [-0.25, -0.2) is 9.18 Å². The Bertz CT molecular complexity index is 921. The molecule has 2 saturated heterocycles. The van der Waals surface area contributed by atoms with E-state index in [0.29, 0.717) is 24.1 Å². The Balaban J connectivity index is 1.48. The molecule has 0 spiro atoms. The molecular weight excluding hydrogens is 361 g/mol. The molecule has 1 aromatic carbocycles. The molecule has 7 heteroatoms.